The summed E-state index contributed by atoms with van der Waals surface area (Å²) in [6.45, 7) is 0. The quantitative estimate of drug-likeness (QED) is 0.580. The summed E-state index contributed by atoms with van der Waals surface area (Å²) in [4.78, 5) is 20.0. The molecule has 0 radical (unpaired) electrons. The number of alkyl halides is 1. The van der Waals surface area contributed by atoms with E-state index in [4.69, 9.17) is 16.0 Å². The molecule has 116 valence electrons. The molecular weight excluding hydrogens is 387 g/mol. The minimum Gasteiger partial charge on any atom is -0.433 e. The van der Waals surface area contributed by atoms with Crippen molar-refractivity contribution in [2.24, 2.45) is 0 Å². The van der Waals surface area contributed by atoms with E-state index in [1.807, 2.05) is 0 Å². The fourth-order valence-corrected chi connectivity index (χ4v) is 2.41. The van der Waals surface area contributed by atoms with Crippen LogP contribution in [0.25, 0.3) is 11.5 Å². The number of hydrogen-bond acceptors (Lipinski definition) is 4. The molecule has 7 heteroatoms. The van der Waals surface area contributed by atoms with Crippen molar-refractivity contribution in [3.63, 3.8) is 0 Å². The highest BCUT2D eigenvalue weighted by atomic mass is 79.9. The van der Waals surface area contributed by atoms with Crippen LogP contribution in [0.3, 0.4) is 0 Å². The maximum absolute atomic E-state index is 14.3. The van der Waals surface area contributed by atoms with E-state index in [9.17, 15) is 9.18 Å². The number of aromatic nitrogens is 2. The lowest BCUT2D eigenvalue weighted by atomic mass is 10.1. The van der Waals surface area contributed by atoms with Gasteiger partial charge in [-0.15, -0.1) is 0 Å². The molecule has 0 aliphatic carbocycles. The molecule has 0 aliphatic heterocycles. The van der Waals surface area contributed by atoms with Crippen molar-refractivity contribution in [2.75, 3.05) is 0 Å². The van der Waals surface area contributed by atoms with Gasteiger partial charge < -0.3 is 4.42 Å². The van der Waals surface area contributed by atoms with E-state index in [0.29, 0.717) is 15.1 Å². The van der Waals surface area contributed by atoms with E-state index < -0.39 is 12.0 Å². The third-order valence-electron chi connectivity index (χ3n) is 3.07. The van der Waals surface area contributed by atoms with Crippen LogP contribution in [0.15, 0.2) is 57.7 Å². The third-order valence-corrected chi connectivity index (χ3v) is 3.82. The molecule has 0 N–H and O–H groups in total. The topological polar surface area (TPSA) is 56.0 Å². The van der Waals surface area contributed by atoms with Crippen LogP contribution in [0.4, 0.5) is 4.39 Å². The number of oxazole rings is 1. The zero-order valence-corrected chi connectivity index (χ0v) is 13.9. The second kappa shape index (κ2) is 6.60. The average molecular weight is 396 g/mol. The monoisotopic (exact) mass is 394 g/mol. The van der Waals surface area contributed by atoms with Crippen LogP contribution in [0, 0.1) is 0 Å². The average Bonchev–Trinajstić information content (AvgIpc) is 3.04. The number of ketones is 1. The molecule has 0 amide bonds. The van der Waals surface area contributed by atoms with Crippen molar-refractivity contribution in [1.82, 2.24) is 9.97 Å². The number of rotatable bonds is 4. The van der Waals surface area contributed by atoms with Crippen molar-refractivity contribution in [2.45, 2.75) is 6.17 Å². The fraction of sp³-hybridized carbons (Fsp3) is 0.0625. The molecule has 3 aromatic rings. The Hall–Kier alpha value is -2.05. The minimum atomic E-state index is -1.92. The Morgan fingerprint density at radius 1 is 1.22 bits per heavy atom. The second-order valence-corrected chi connectivity index (χ2v) is 6.01. The highest BCUT2D eigenvalue weighted by Gasteiger charge is 2.26. The standard InChI is InChI=1S/C16H9BrClFN2O2/c17-10-5-6-20-12(7-10)14(19)15(22)13-8-21-16(23-13)9-1-3-11(18)4-2-9/h1-8,14H. The lowest BCUT2D eigenvalue weighted by Crippen LogP contribution is -2.09. The number of pyridine rings is 1. The normalized spacial score (nSPS) is 12.1. The highest BCUT2D eigenvalue weighted by molar-refractivity contribution is 9.10. The van der Waals surface area contributed by atoms with Crippen molar-refractivity contribution in [3.05, 3.63) is 69.7 Å². The molecule has 3 rings (SSSR count). The number of nitrogens with zero attached hydrogens (tertiary/aromatic N) is 2. The number of hydrogen-bond donors (Lipinski definition) is 0. The van der Waals surface area contributed by atoms with E-state index in [-0.39, 0.29) is 17.3 Å². The third kappa shape index (κ3) is 3.48. The molecule has 23 heavy (non-hydrogen) atoms. The van der Waals surface area contributed by atoms with Crippen LogP contribution in [0.1, 0.15) is 22.4 Å². The van der Waals surface area contributed by atoms with Crippen LogP contribution < -0.4 is 0 Å². The molecule has 0 spiro atoms. The molecule has 1 aromatic carbocycles. The minimum absolute atomic E-state index is 0.00816. The van der Waals surface area contributed by atoms with E-state index in [0.717, 1.165) is 0 Å². The summed E-state index contributed by atoms with van der Waals surface area (Å²) in [5, 5.41) is 0.571. The van der Waals surface area contributed by atoms with Gasteiger partial charge in [0.15, 0.2) is 5.76 Å². The summed E-state index contributed by atoms with van der Waals surface area (Å²) in [7, 11) is 0. The SMILES string of the molecule is O=C(c1cnc(-c2ccc(Cl)cc2)o1)C(F)c1cc(Br)ccn1. The van der Waals surface area contributed by atoms with Crippen LogP contribution in [0.2, 0.25) is 5.02 Å². The first-order valence-corrected chi connectivity index (χ1v) is 7.73. The molecule has 2 aromatic heterocycles. The Bertz CT molecular complexity index is 851. The lowest BCUT2D eigenvalue weighted by molar-refractivity contribution is 0.0846. The summed E-state index contributed by atoms with van der Waals surface area (Å²) in [6.07, 6.45) is 0.703. The molecule has 0 bridgehead atoms. The maximum atomic E-state index is 14.3. The Labute approximate surface area is 144 Å². The molecule has 0 aliphatic rings. The zero-order valence-electron chi connectivity index (χ0n) is 11.5. The molecule has 0 fully saturated rings. The second-order valence-electron chi connectivity index (χ2n) is 4.66. The van der Waals surface area contributed by atoms with Crippen molar-refractivity contribution in [3.8, 4) is 11.5 Å². The van der Waals surface area contributed by atoms with Gasteiger partial charge in [-0.25, -0.2) is 9.37 Å². The van der Waals surface area contributed by atoms with Crippen molar-refractivity contribution in [1.29, 1.82) is 0 Å². The number of benzene rings is 1. The van der Waals surface area contributed by atoms with Gasteiger partial charge in [0.2, 0.25) is 17.8 Å². The van der Waals surface area contributed by atoms with Gasteiger partial charge in [-0.2, -0.15) is 0 Å². The summed E-state index contributed by atoms with van der Waals surface area (Å²) in [5.74, 6) is -0.771. The zero-order chi connectivity index (χ0) is 16.4. The van der Waals surface area contributed by atoms with Gasteiger partial charge >= 0.3 is 0 Å². The van der Waals surface area contributed by atoms with Gasteiger partial charge in [-0.1, -0.05) is 27.5 Å². The largest absolute Gasteiger partial charge is 0.433 e. The van der Waals surface area contributed by atoms with Crippen molar-refractivity contribution >= 4 is 33.3 Å². The van der Waals surface area contributed by atoms with Crippen LogP contribution in [-0.2, 0) is 0 Å². The van der Waals surface area contributed by atoms with Gasteiger partial charge in [0, 0.05) is 21.3 Å². The summed E-state index contributed by atoms with van der Waals surface area (Å²) >= 11 is 9.02. The molecule has 1 unspecified atom stereocenters. The first-order chi connectivity index (χ1) is 11.0. The number of halogens is 3. The Morgan fingerprint density at radius 3 is 2.65 bits per heavy atom. The van der Waals surface area contributed by atoms with Gasteiger partial charge in [-0.3, -0.25) is 9.78 Å². The highest BCUT2D eigenvalue weighted by Crippen LogP contribution is 2.26. The number of carbonyl (C=O) groups excluding carboxylic acids is 1. The van der Waals surface area contributed by atoms with Gasteiger partial charge in [0.05, 0.1) is 11.9 Å². The summed E-state index contributed by atoms with van der Waals surface area (Å²) < 4.78 is 20.3. The van der Waals surface area contributed by atoms with Gasteiger partial charge in [0.1, 0.15) is 0 Å². The molecule has 4 nitrogen and oxygen atoms in total. The summed E-state index contributed by atoms with van der Waals surface area (Å²) in [6, 6.07) is 9.83. The Balaban J connectivity index is 1.84. The van der Waals surface area contributed by atoms with E-state index in [1.165, 1.54) is 18.5 Å². The van der Waals surface area contributed by atoms with Gasteiger partial charge in [-0.05, 0) is 36.4 Å². The molecular formula is C16H9BrClFN2O2. The summed E-state index contributed by atoms with van der Waals surface area (Å²) in [5.41, 5.74) is 0.651. The predicted octanol–water partition coefficient (Wildman–Crippen LogP) is 5.05. The Morgan fingerprint density at radius 2 is 1.96 bits per heavy atom. The smallest absolute Gasteiger partial charge is 0.239 e. The van der Waals surface area contributed by atoms with Crippen molar-refractivity contribution < 1.29 is 13.6 Å². The van der Waals surface area contributed by atoms with E-state index in [1.54, 1.807) is 30.3 Å². The maximum Gasteiger partial charge on any atom is 0.239 e. The van der Waals surface area contributed by atoms with Crippen LogP contribution in [0.5, 0.6) is 0 Å². The van der Waals surface area contributed by atoms with E-state index in [2.05, 4.69) is 25.9 Å². The number of carbonyl (C=O) groups is 1. The predicted molar refractivity (Wildman–Crippen MR) is 87.1 cm³/mol. The number of Topliss-reactive ketones (excluding diaryl/α,β-unsaturated/α-hetero) is 1. The van der Waals surface area contributed by atoms with Crippen LogP contribution >= 0.6 is 27.5 Å². The van der Waals surface area contributed by atoms with Crippen LogP contribution in [-0.4, -0.2) is 15.8 Å². The lowest BCUT2D eigenvalue weighted by Gasteiger charge is -2.04. The fourth-order valence-electron chi connectivity index (χ4n) is 1.93. The first-order valence-electron chi connectivity index (χ1n) is 6.56. The van der Waals surface area contributed by atoms with Gasteiger partial charge in [0.25, 0.3) is 0 Å². The molecule has 1 atom stereocenters. The van der Waals surface area contributed by atoms with E-state index >= 15 is 0 Å². The molecule has 0 saturated heterocycles. The molecule has 2 heterocycles. The Kier molecular flexibility index (Phi) is 4.54. The first kappa shape index (κ1) is 15.8. The molecule has 0 saturated carbocycles.